The van der Waals surface area contributed by atoms with Crippen LogP contribution in [0.25, 0.3) is 0 Å². The molecule has 28 heavy (non-hydrogen) atoms. The molecule has 0 amide bonds. The zero-order valence-corrected chi connectivity index (χ0v) is 20.0. The van der Waals surface area contributed by atoms with Gasteiger partial charge in [-0.25, -0.2) is 9.38 Å². The Bertz CT molecular complexity index is 792. The van der Waals surface area contributed by atoms with E-state index in [1.807, 2.05) is 19.1 Å². The fraction of sp³-hybridized carbons (Fsp3) is 0.474. The molecular weight excluding hydrogens is 540 g/mol. The Morgan fingerprint density at radius 1 is 1.29 bits per heavy atom. The molecule has 1 aromatic carbocycles. The summed E-state index contributed by atoms with van der Waals surface area (Å²) in [5, 5.41) is 7.41. The van der Waals surface area contributed by atoms with Crippen molar-refractivity contribution in [1.29, 1.82) is 0 Å². The fourth-order valence-corrected chi connectivity index (χ4v) is 3.32. The number of rotatable bonds is 5. The molecule has 0 unspecified atom stereocenters. The van der Waals surface area contributed by atoms with E-state index >= 15 is 0 Å². The molecule has 0 spiro atoms. The van der Waals surface area contributed by atoms with E-state index in [9.17, 15) is 4.39 Å². The summed E-state index contributed by atoms with van der Waals surface area (Å²) in [5.74, 6) is 1.46. The first kappa shape index (κ1) is 23.1. The van der Waals surface area contributed by atoms with Gasteiger partial charge in [-0.15, -0.1) is 24.0 Å². The maximum absolute atomic E-state index is 13.7. The van der Waals surface area contributed by atoms with Gasteiger partial charge in [0.05, 0.1) is 16.7 Å². The lowest BCUT2D eigenvalue weighted by atomic mass is 10.2. The van der Waals surface area contributed by atoms with Crippen LogP contribution in [0.4, 0.5) is 4.39 Å². The molecule has 1 aliphatic rings. The normalized spacial score (nSPS) is 15.4. The van der Waals surface area contributed by atoms with E-state index in [1.165, 1.54) is 6.07 Å². The predicted octanol–water partition coefficient (Wildman–Crippen LogP) is 3.79. The van der Waals surface area contributed by atoms with Crippen molar-refractivity contribution in [2.24, 2.45) is 4.99 Å². The molecule has 0 aliphatic carbocycles. The van der Waals surface area contributed by atoms with Crippen LogP contribution in [-0.4, -0.2) is 53.6 Å². The number of benzene rings is 1. The first-order valence-corrected chi connectivity index (χ1v) is 9.96. The number of nitrogens with zero attached hydrogens (tertiary/aromatic N) is 4. The molecule has 0 saturated carbocycles. The van der Waals surface area contributed by atoms with Crippen LogP contribution < -0.4 is 5.32 Å². The van der Waals surface area contributed by atoms with Gasteiger partial charge in [0, 0.05) is 45.3 Å². The average molecular weight is 566 g/mol. The SMILES string of the molecule is CCNC(=NCc1ccc(Br)c(F)c1)N1CCN(Cc2cc(C)on2)CC1.I. The molecule has 0 atom stereocenters. The largest absolute Gasteiger partial charge is 0.361 e. The third-order valence-electron chi connectivity index (χ3n) is 4.46. The van der Waals surface area contributed by atoms with Crippen LogP contribution in [0.3, 0.4) is 0 Å². The van der Waals surface area contributed by atoms with Gasteiger partial charge in [-0.2, -0.15) is 0 Å². The second-order valence-electron chi connectivity index (χ2n) is 6.61. The minimum atomic E-state index is -0.260. The van der Waals surface area contributed by atoms with Gasteiger partial charge < -0.3 is 14.7 Å². The molecule has 154 valence electrons. The van der Waals surface area contributed by atoms with Gasteiger partial charge >= 0.3 is 0 Å². The van der Waals surface area contributed by atoms with E-state index in [2.05, 4.69) is 43.1 Å². The lowest BCUT2D eigenvalue weighted by molar-refractivity contribution is 0.169. The number of aromatic nitrogens is 1. The van der Waals surface area contributed by atoms with Crippen molar-refractivity contribution >= 4 is 45.9 Å². The third-order valence-corrected chi connectivity index (χ3v) is 5.11. The fourth-order valence-electron chi connectivity index (χ4n) is 3.07. The summed E-state index contributed by atoms with van der Waals surface area (Å²) in [6.45, 7) is 9.65. The van der Waals surface area contributed by atoms with Crippen molar-refractivity contribution in [2.75, 3.05) is 32.7 Å². The standard InChI is InChI=1S/C19H25BrFN5O.HI/c1-3-22-19(23-12-15-4-5-17(20)18(21)11-15)26-8-6-25(7-9-26)13-16-10-14(2)27-24-16;/h4-5,10-11H,3,6-9,12-13H2,1-2H3,(H,22,23);1H. The van der Waals surface area contributed by atoms with Crippen LogP contribution in [0.5, 0.6) is 0 Å². The maximum atomic E-state index is 13.7. The van der Waals surface area contributed by atoms with Crippen LogP contribution in [-0.2, 0) is 13.1 Å². The third kappa shape index (κ3) is 6.41. The van der Waals surface area contributed by atoms with Gasteiger partial charge in [0.1, 0.15) is 11.6 Å². The van der Waals surface area contributed by atoms with Crippen molar-refractivity contribution in [3.63, 3.8) is 0 Å². The minimum Gasteiger partial charge on any atom is -0.361 e. The van der Waals surface area contributed by atoms with Crippen LogP contribution in [0.15, 0.2) is 38.3 Å². The quantitative estimate of drug-likeness (QED) is 0.340. The van der Waals surface area contributed by atoms with Gasteiger partial charge in [0.2, 0.25) is 0 Å². The Labute approximate surface area is 190 Å². The van der Waals surface area contributed by atoms with E-state index in [0.717, 1.165) is 62.2 Å². The van der Waals surface area contributed by atoms with Crippen molar-refractivity contribution in [2.45, 2.75) is 26.9 Å². The molecule has 1 fully saturated rings. The molecule has 2 aromatic rings. The number of halogens is 3. The molecule has 0 radical (unpaired) electrons. The molecule has 1 N–H and O–H groups in total. The highest BCUT2D eigenvalue weighted by Gasteiger charge is 2.20. The molecule has 1 saturated heterocycles. The van der Waals surface area contributed by atoms with Crippen LogP contribution >= 0.6 is 39.9 Å². The van der Waals surface area contributed by atoms with Gasteiger partial charge in [-0.05, 0) is 47.5 Å². The Balaban J connectivity index is 0.00000280. The van der Waals surface area contributed by atoms with Gasteiger partial charge in [0.15, 0.2) is 5.96 Å². The Morgan fingerprint density at radius 2 is 2.04 bits per heavy atom. The molecular formula is C19H26BrFIN5O. The number of hydrogen-bond donors (Lipinski definition) is 1. The first-order chi connectivity index (χ1) is 13.0. The van der Waals surface area contributed by atoms with Crippen LogP contribution in [0, 0.1) is 12.7 Å². The van der Waals surface area contributed by atoms with Crippen molar-refractivity contribution in [3.8, 4) is 0 Å². The number of nitrogens with one attached hydrogen (secondary N) is 1. The summed E-state index contributed by atoms with van der Waals surface area (Å²) >= 11 is 3.18. The topological polar surface area (TPSA) is 56.9 Å². The second-order valence-corrected chi connectivity index (χ2v) is 7.47. The molecule has 1 aromatic heterocycles. The summed E-state index contributed by atoms with van der Waals surface area (Å²) in [6, 6.07) is 7.11. The van der Waals surface area contributed by atoms with E-state index in [4.69, 9.17) is 9.52 Å². The second kappa shape index (κ2) is 11.1. The number of guanidine groups is 1. The monoisotopic (exact) mass is 565 g/mol. The van der Waals surface area contributed by atoms with E-state index in [-0.39, 0.29) is 29.8 Å². The molecule has 3 rings (SSSR count). The number of piperazine rings is 1. The highest BCUT2D eigenvalue weighted by atomic mass is 127. The lowest BCUT2D eigenvalue weighted by Gasteiger charge is -2.36. The van der Waals surface area contributed by atoms with Crippen LogP contribution in [0.2, 0.25) is 0 Å². The Hall–Kier alpha value is -1.20. The summed E-state index contributed by atoms with van der Waals surface area (Å²) in [4.78, 5) is 9.31. The molecule has 1 aliphatic heterocycles. The molecule has 6 nitrogen and oxygen atoms in total. The highest BCUT2D eigenvalue weighted by Crippen LogP contribution is 2.17. The molecule has 2 heterocycles. The molecule has 9 heteroatoms. The average Bonchev–Trinajstić information content (AvgIpc) is 3.07. The van der Waals surface area contributed by atoms with E-state index < -0.39 is 0 Å². The van der Waals surface area contributed by atoms with Gasteiger partial charge in [0.25, 0.3) is 0 Å². The smallest absolute Gasteiger partial charge is 0.194 e. The van der Waals surface area contributed by atoms with Crippen LogP contribution in [0.1, 0.15) is 23.9 Å². The van der Waals surface area contributed by atoms with E-state index in [1.54, 1.807) is 6.07 Å². The summed E-state index contributed by atoms with van der Waals surface area (Å²) < 4.78 is 19.3. The summed E-state index contributed by atoms with van der Waals surface area (Å²) in [6.07, 6.45) is 0. The minimum absolute atomic E-state index is 0. The number of aryl methyl sites for hydroxylation is 1. The highest BCUT2D eigenvalue weighted by molar-refractivity contribution is 14.0. The lowest BCUT2D eigenvalue weighted by Crippen LogP contribution is -2.52. The summed E-state index contributed by atoms with van der Waals surface area (Å²) in [7, 11) is 0. The maximum Gasteiger partial charge on any atom is 0.194 e. The molecule has 0 bridgehead atoms. The zero-order chi connectivity index (χ0) is 19.2. The van der Waals surface area contributed by atoms with E-state index in [0.29, 0.717) is 11.0 Å². The first-order valence-electron chi connectivity index (χ1n) is 9.17. The van der Waals surface area contributed by atoms with Crippen molar-refractivity contribution in [1.82, 2.24) is 20.3 Å². The predicted molar refractivity (Wildman–Crippen MR) is 122 cm³/mol. The Morgan fingerprint density at radius 3 is 2.64 bits per heavy atom. The van der Waals surface area contributed by atoms with Crippen molar-refractivity contribution in [3.05, 3.63) is 51.6 Å². The van der Waals surface area contributed by atoms with Gasteiger partial charge in [-0.3, -0.25) is 4.90 Å². The van der Waals surface area contributed by atoms with Gasteiger partial charge in [-0.1, -0.05) is 11.2 Å². The summed E-state index contributed by atoms with van der Waals surface area (Å²) in [5.41, 5.74) is 1.82. The van der Waals surface area contributed by atoms with Crippen molar-refractivity contribution < 1.29 is 8.91 Å². The number of hydrogen-bond acceptors (Lipinski definition) is 4. The zero-order valence-electron chi connectivity index (χ0n) is 16.1. The Kier molecular flexibility index (Phi) is 9.16. The number of aliphatic imine (C=N–C) groups is 1.